The first-order valence-electron chi connectivity index (χ1n) is 10.9. The lowest BCUT2D eigenvalue weighted by atomic mass is 10.2. The Morgan fingerprint density at radius 1 is 0.972 bits per heavy atom. The maximum atomic E-state index is 13.3. The van der Waals surface area contributed by atoms with Crippen molar-refractivity contribution < 1.29 is 26.4 Å². The number of carbonyl (C=O) groups excluding carboxylic acids is 1. The van der Waals surface area contributed by atoms with Crippen molar-refractivity contribution in [2.24, 2.45) is 0 Å². The summed E-state index contributed by atoms with van der Waals surface area (Å²) < 4.78 is 67.0. The summed E-state index contributed by atoms with van der Waals surface area (Å²) in [4.78, 5) is 12.5. The molecule has 0 heterocycles. The van der Waals surface area contributed by atoms with E-state index >= 15 is 0 Å². The van der Waals surface area contributed by atoms with Gasteiger partial charge >= 0.3 is 6.18 Å². The highest BCUT2D eigenvalue weighted by Crippen LogP contribution is 2.33. The first kappa shape index (κ1) is 27.9. The third-order valence-electron chi connectivity index (χ3n) is 5.08. The number of hydrogen-bond donors (Lipinski definition) is 1. The Kier molecular flexibility index (Phi) is 9.69. The molecule has 0 aliphatic rings. The van der Waals surface area contributed by atoms with Crippen molar-refractivity contribution in [2.75, 3.05) is 23.1 Å². The van der Waals surface area contributed by atoms with E-state index in [1.165, 1.54) is 30.3 Å². The van der Waals surface area contributed by atoms with Gasteiger partial charge in [0.2, 0.25) is 5.91 Å². The predicted molar refractivity (Wildman–Crippen MR) is 138 cm³/mol. The third kappa shape index (κ3) is 7.65. The van der Waals surface area contributed by atoms with Gasteiger partial charge in [0.05, 0.1) is 16.1 Å². The molecule has 3 aromatic rings. The van der Waals surface area contributed by atoms with Gasteiger partial charge in [0.25, 0.3) is 10.0 Å². The van der Waals surface area contributed by atoms with Crippen LogP contribution in [0.5, 0.6) is 0 Å². The second-order valence-corrected chi connectivity index (χ2v) is 11.1. The van der Waals surface area contributed by atoms with Gasteiger partial charge in [0, 0.05) is 17.3 Å². The van der Waals surface area contributed by atoms with Crippen LogP contribution in [0.1, 0.15) is 17.5 Å². The molecule has 0 aromatic heterocycles. The number of anilines is 1. The highest BCUT2D eigenvalue weighted by molar-refractivity contribution is 7.98. The highest BCUT2D eigenvalue weighted by atomic mass is 35.5. The maximum Gasteiger partial charge on any atom is 0.416 e. The number of amides is 1. The normalized spacial score (nSPS) is 11.8. The van der Waals surface area contributed by atoms with E-state index in [4.69, 9.17) is 11.6 Å². The zero-order valence-electron chi connectivity index (χ0n) is 19.0. The Hall–Kier alpha value is -2.69. The summed E-state index contributed by atoms with van der Waals surface area (Å²) in [7, 11) is -4.30. The lowest BCUT2D eigenvalue weighted by molar-refractivity contribution is -0.137. The van der Waals surface area contributed by atoms with Crippen LogP contribution >= 0.6 is 23.4 Å². The van der Waals surface area contributed by atoms with Crippen LogP contribution in [-0.4, -0.2) is 33.2 Å². The van der Waals surface area contributed by atoms with Gasteiger partial charge in [-0.05, 0) is 54.1 Å². The zero-order chi connectivity index (χ0) is 26.2. The van der Waals surface area contributed by atoms with Gasteiger partial charge in [0.15, 0.2) is 0 Å². The smallest absolute Gasteiger partial charge is 0.354 e. The van der Waals surface area contributed by atoms with Gasteiger partial charge in [-0.15, -0.1) is 0 Å². The van der Waals surface area contributed by atoms with Gasteiger partial charge in [-0.2, -0.15) is 24.9 Å². The fourth-order valence-electron chi connectivity index (χ4n) is 3.26. The molecule has 11 heteroatoms. The number of benzene rings is 3. The van der Waals surface area contributed by atoms with E-state index in [0.29, 0.717) is 21.5 Å². The van der Waals surface area contributed by atoms with E-state index in [2.05, 4.69) is 5.32 Å². The Labute approximate surface area is 217 Å². The molecule has 36 heavy (non-hydrogen) atoms. The number of alkyl halides is 3. The van der Waals surface area contributed by atoms with Crippen LogP contribution in [0.4, 0.5) is 18.9 Å². The van der Waals surface area contributed by atoms with Crippen molar-refractivity contribution in [3.05, 3.63) is 95.0 Å². The van der Waals surface area contributed by atoms with Gasteiger partial charge in [-0.1, -0.05) is 54.1 Å². The lowest BCUT2D eigenvalue weighted by Crippen LogP contribution is -2.41. The fourth-order valence-corrected chi connectivity index (χ4v) is 5.94. The van der Waals surface area contributed by atoms with Crippen LogP contribution in [-0.2, 0) is 26.7 Å². The van der Waals surface area contributed by atoms with Crippen molar-refractivity contribution in [2.45, 2.75) is 23.2 Å². The van der Waals surface area contributed by atoms with Gasteiger partial charge in [0.1, 0.15) is 6.54 Å². The average molecular weight is 557 g/mol. The Balaban J connectivity index is 1.65. The van der Waals surface area contributed by atoms with Gasteiger partial charge < -0.3 is 5.32 Å². The molecular formula is C25H24ClF3N2O3S2. The number of nitrogens with one attached hydrogen (secondary N) is 1. The van der Waals surface area contributed by atoms with Crippen molar-refractivity contribution in [3.8, 4) is 0 Å². The number of nitrogens with zero attached hydrogens (tertiary/aromatic N) is 1. The van der Waals surface area contributed by atoms with E-state index in [9.17, 15) is 26.4 Å². The molecule has 0 aliphatic carbocycles. The van der Waals surface area contributed by atoms with Gasteiger partial charge in [-0.3, -0.25) is 9.10 Å². The molecule has 0 unspecified atom stereocenters. The maximum absolute atomic E-state index is 13.3. The van der Waals surface area contributed by atoms with E-state index in [1.54, 1.807) is 17.8 Å². The Morgan fingerprint density at radius 3 is 2.36 bits per heavy atom. The Bertz CT molecular complexity index is 1270. The summed E-state index contributed by atoms with van der Waals surface area (Å²) in [6.45, 7) is -0.374. The van der Waals surface area contributed by atoms with Crippen molar-refractivity contribution in [3.63, 3.8) is 0 Å². The molecule has 3 aromatic carbocycles. The first-order chi connectivity index (χ1) is 17.1. The molecule has 1 N–H and O–H groups in total. The average Bonchev–Trinajstić information content (AvgIpc) is 2.85. The van der Waals surface area contributed by atoms with E-state index in [1.807, 2.05) is 24.3 Å². The molecule has 1 amide bonds. The summed E-state index contributed by atoms with van der Waals surface area (Å²) in [6.07, 6.45) is -4.04. The van der Waals surface area contributed by atoms with Crippen LogP contribution in [0, 0.1) is 0 Å². The van der Waals surface area contributed by atoms with Crippen molar-refractivity contribution in [1.82, 2.24) is 5.32 Å². The molecule has 5 nitrogen and oxygen atoms in total. The monoisotopic (exact) mass is 556 g/mol. The minimum Gasteiger partial charge on any atom is -0.354 e. The van der Waals surface area contributed by atoms with E-state index < -0.39 is 34.2 Å². The van der Waals surface area contributed by atoms with Crippen LogP contribution in [0.15, 0.2) is 83.8 Å². The zero-order valence-corrected chi connectivity index (χ0v) is 21.4. The van der Waals surface area contributed by atoms with E-state index in [-0.39, 0.29) is 17.1 Å². The van der Waals surface area contributed by atoms with Crippen LogP contribution in [0.2, 0.25) is 5.02 Å². The summed E-state index contributed by atoms with van der Waals surface area (Å²) in [5, 5.41) is 3.34. The molecule has 0 saturated heterocycles. The standard InChI is InChI=1S/C25H24ClF3N2O3S2/c26-23-13-5-4-8-19(23)18-35-15-7-14-30-24(32)17-31(36(33,34)22-11-2-1-3-12-22)21-10-6-9-20(16-21)25(27,28)29/h1-6,8-13,16H,7,14-15,17-18H2,(H,30,32). The highest BCUT2D eigenvalue weighted by Gasteiger charge is 2.33. The molecule has 0 spiro atoms. The molecule has 3 rings (SSSR count). The fraction of sp³-hybridized carbons (Fsp3) is 0.240. The van der Waals surface area contributed by atoms with Gasteiger partial charge in [-0.25, -0.2) is 8.42 Å². The topological polar surface area (TPSA) is 66.5 Å². The summed E-state index contributed by atoms with van der Waals surface area (Å²) >= 11 is 7.77. The van der Waals surface area contributed by atoms with Crippen molar-refractivity contribution in [1.29, 1.82) is 0 Å². The Morgan fingerprint density at radius 2 is 1.67 bits per heavy atom. The summed E-state index contributed by atoms with van der Waals surface area (Å²) in [5.74, 6) is 0.820. The number of hydrogen-bond acceptors (Lipinski definition) is 4. The van der Waals surface area contributed by atoms with E-state index in [0.717, 1.165) is 29.5 Å². The molecular weight excluding hydrogens is 533 g/mol. The first-order valence-corrected chi connectivity index (χ1v) is 13.9. The molecule has 0 bridgehead atoms. The number of halogens is 4. The number of rotatable bonds is 11. The molecule has 0 atom stereocenters. The molecule has 0 radical (unpaired) electrons. The van der Waals surface area contributed by atoms with Crippen LogP contribution in [0.3, 0.4) is 0 Å². The molecule has 0 saturated carbocycles. The van der Waals surface area contributed by atoms with Crippen molar-refractivity contribution >= 4 is 45.0 Å². The second-order valence-electron chi connectivity index (χ2n) is 7.72. The third-order valence-corrected chi connectivity index (χ3v) is 8.33. The number of thioether (sulfide) groups is 1. The van der Waals surface area contributed by atoms with Crippen LogP contribution in [0.25, 0.3) is 0 Å². The quantitative estimate of drug-likeness (QED) is 0.294. The minimum absolute atomic E-state index is 0.133. The molecule has 0 aliphatic heterocycles. The summed E-state index contributed by atoms with van der Waals surface area (Å²) in [6, 6.07) is 18.7. The largest absolute Gasteiger partial charge is 0.416 e. The second kappa shape index (κ2) is 12.5. The predicted octanol–water partition coefficient (Wildman–Crippen LogP) is 5.99. The van der Waals surface area contributed by atoms with Crippen LogP contribution < -0.4 is 9.62 Å². The summed E-state index contributed by atoms with van der Waals surface area (Å²) in [5.41, 5.74) is -0.251. The number of sulfonamides is 1. The lowest BCUT2D eigenvalue weighted by Gasteiger charge is -2.25. The molecule has 0 fully saturated rings. The number of carbonyl (C=O) groups is 1. The molecule has 192 valence electrons. The minimum atomic E-state index is -4.66. The SMILES string of the molecule is O=C(CN(c1cccc(C(F)(F)F)c1)S(=O)(=O)c1ccccc1)NCCCSCc1ccccc1Cl.